The molecule has 0 saturated heterocycles. The third-order valence-corrected chi connectivity index (χ3v) is 4.33. The predicted octanol–water partition coefficient (Wildman–Crippen LogP) is 3.19. The lowest BCUT2D eigenvalue weighted by atomic mass is 10.0. The van der Waals surface area contributed by atoms with Crippen molar-refractivity contribution in [3.05, 3.63) is 69.7 Å². The normalized spacial score (nSPS) is 11.3. The maximum absolute atomic E-state index is 12.5. The molecule has 6 heteroatoms. The van der Waals surface area contributed by atoms with E-state index in [9.17, 15) is 9.59 Å². The van der Waals surface area contributed by atoms with Crippen molar-refractivity contribution >= 4 is 27.7 Å². The number of benzene rings is 2. The number of carbonyl (C=O) groups excluding carboxylic acids is 2. The average molecular weight is 414 g/mol. The summed E-state index contributed by atoms with van der Waals surface area (Å²) in [7, 11) is 0. The third kappa shape index (κ3) is 5.71. The molecule has 0 aromatic heterocycles. The zero-order chi connectivity index (χ0) is 18.9. The summed E-state index contributed by atoms with van der Waals surface area (Å²) in [6.07, 6.45) is 1.21. The van der Waals surface area contributed by atoms with Gasteiger partial charge in [0.2, 0.25) is 5.91 Å². The second kappa shape index (κ2) is 9.73. The van der Waals surface area contributed by atoms with E-state index >= 15 is 0 Å². The Morgan fingerprint density at radius 2 is 1.77 bits per heavy atom. The van der Waals surface area contributed by atoms with Gasteiger partial charge in [0.25, 0.3) is 5.91 Å². The van der Waals surface area contributed by atoms with Gasteiger partial charge in [0, 0.05) is 23.0 Å². The lowest BCUT2D eigenvalue weighted by Gasteiger charge is -2.19. The SMILES string of the molecule is CCCNC(=O)C(Cc1ccc(Br)cc1)NC(=O)c1ccc(C#N)cc1. The van der Waals surface area contributed by atoms with E-state index in [1.54, 1.807) is 24.3 Å². The molecule has 2 N–H and O–H groups in total. The van der Waals surface area contributed by atoms with Gasteiger partial charge in [-0.3, -0.25) is 9.59 Å². The fraction of sp³-hybridized carbons (Fsp3) is 0.250. The Kier molecular flexibility index (Phi) is 7.37. The Balaban J connectivity index is 2.13. The first-order chi connectivity index (χ1) is 12.5. The van der Waals surface area contributed by atoms with E-state index in [-0.39, 0.29) is 11.8 Å². The van der Waals surface area contributed by atoms with Crippen molar-refractivity contribution in [3.63, 3.8) is 0 Å². The van der Waals surface area contributed by atoms with Crippen LogP contribution in [0.1, 0.15) is 34.8 Å². The molecule has 2 aromatic rings. The maximum atomic E-state index is 12.5. The Bertz CT molecular complexity index is 795. The van der Waals surface area contributed by atoms with Gasteiger partial charge in [-0.25, -0.2) is 0 Å². The fourth-order valence-electron chi connectivity index (χ4n) is 2.37. The first-order valence-corrected chi connectivity index (χ1v) is 9.16. The molecular weight excluding hydrogens is 394 g/mol. The van der Waals surface area contributed by atoms with Gasteiger partial charge >= 0.3 is 0 Å². The Morgan fingerprint density at radius 3 is 2.35 bits per heavy atom. The smallest absolute Gasteiger partial charge is 0.251 e. The van der Waals surface area contributed by atoms with Crippen LogP contribution in [0.3, 0.4) is 0 Å². The van der Waals surface area contributed by atoms with Gasteiger partial charge in [0.15, 0.2) is 0 Å². The zero-order valence-corrected chi connectivity index (χ0v) is 16.0. The van der Waals surface area contributed by atoms with Crippen molar-refractivity contribution in [2.45, 2.75) is 25.8 Å². The minimum absolute atomic E-state index is 0.211. The van der Waals surface area contributed by atoms with Crippen molar-refractivity contribution in [1.29, 1.82) is 5.26 Å². The second-order valence-corrected chi connectivity index (χ2v) is 6.75. The molecule has 2 rings (SSSR count). The molecule has 134 valence electrons. The molecule has 0 radical (unpaired) electrons. The number of hydrogen-bond acceptors (Lipinski definition) is 3. The number of nitrogens with one attached hydrogen (secondary N) is 2. The van der Waals surface area contributed by atoms with Crippen LogP contribution in [0.25, 0.3) is 0 Å². The van der Waals surface area contributed by atoms with Crippen LogP contribution in [0.2, 0.25) is 0 Å². The van der Waals surface area contributed by atoms with Crippen LogP contribution < -0.4 is 10.6 Å². The summed E-state index contributed by atoms with van der Waals surface area (Å²) >= 11 is 3.39. The van der Waals surface area contributed by atoms with E-state index in [4.69, 9.17) is 5.26 Å². The van der Waals surface area contributed by atoms with E-state index in [0.29, 0.717) is 24.1 Å². The van der Waals surface area contributed by atoms with Gasteiger partial charge in [-0.05, 0) is 48.4 Å². The molecule has 0 aliphatic heterocycles. The maximum Gasteiger partial charge on any atom is 0.251 e. The molecule has 1 atom stereocenters. The standard InChI is InChI=1S/C20H20BrN3O2/c1-2-11-23-20(26)18(12-14-5-9-17(21)10-6-14)24-19(25)16-7-3-15(13-22)4-8-16/h3-10,18H,2,11-12H2,1H3,(H,23,26)(H,24,25). The van der Waals surface area contributed by atoms with Crippen LogP contribution in [0.4, 0.5) is 0 Å². The van der Waals surface area contributed by atoms with Gasteiger partial charge in [-0.2, -0.15) is 5.26 Å². The Hall–Kier alpha value is -2.65. The number of rotatable bonds is 7. The predicted molar refractivity (Wildman–Crippen MR) is 104 cm³/mol. The highest BCUT2D eigenvalue weighted by Gasteiger charge is 2.21. The molecule has 0 bridgehead atoms. The molecule has 26 heavy (non-hydrogen) atoms. The highest BCUT2D eigenvalue weighted by Crippen LogP contribution is 2.12. The molecule has 0 aliphatic rings. The second-order valence-electron chi connectivity index (χ2n) is 5.84. The number of amides is 2. The Labute approximate surface area is 161 Å². The van der Waals surface area contributed by atoms with Crippen molar-refractivity contribution in [2.24, 2.45) is 0 Å². The first kappa shape index (κ1) is 19.7. The van der Waals surface area contributed by atoms with Gasteiger partial charge in [0.05, 0.1) is 11.6 Å². The van der Waals surface area contributed by atoms with Crippen molar-refractivity contribution in [1.82, 2.24) is 10.6 Å². The fourth-order valence-corrected chi connectivity index (χ4v) is 2.64. The number of hydrogen-bond donors (Lipinski definition) is 2. The van der Waals surface area contributed by atoms with Crippen LogP contribution in [-0.2, 0) is 11.2 Å². The molecule has 0 saturated carbocycles. The third-order valence-electron chi connectivity index (χ3n) is 3.80. The van der Waals surface area contributed by atoms with Crippen LogP contribution in [-0.4, -0.2) is 24.4 Å². The van der Waals surface area contributed by atoms with Crippen LogP contribution in [0, 0.1) is 11.3 Å². The van der Waals surface area contributed by atoms with Crippen LogP contribution in [0.5, 0.6) is 0 Å². The quantitative estimate of drug-likeness (QED) is 0.730. The van der Waals surface area contributed by atoms with Crippen LogP contribution in [0.15, 0.2) is 53.0 Å². The van der Waals surface area contributed by atoms with Crippen LogP contribution >= 0.6 is 15.9 Å². The van der Waals surface area contributed by atoms with Gasteiger partial charge in [0.1, 0.15) is 6.04 Å². The monoisotopic (exact) mass is 413 g/mol. The number of nitrogens with zero attached hydrogens (tertiary/aromatic N) is 1. The van der Waals surface area contributed by atoms with E-state index in [1.165, 1.54) is 0 Å². The molecule has 0 fully saturated rings. The molecule has 5 nitrogen and oxygen atoms in total. The zero-order valence-electron chi connectivity index (χ0n) is 14.5. The lowest BCUT2D eigenvalue weighted by Crippen LogP contribution is -2.48. The summed E-state index contributed by atoms with van der Waals surface area (Å²) in [5.74, 6) is -0.556. The van der Waals surface area contributed by atoms with Crippen molar-refractivity contribution in [2.75, 3.05) is 6.54 Å². The summed E-state index contributed by atoms with van der Waals surface area (Å²) in [5, 5.41) is 14.5. The molecule has 2 aromatic carbocycles. The summed E-state index contributed by atoms with van der Waals surface area (Å²) in [6, 6.07) is 15.3. The number of nitriles is 1. The van der Waals surface area contributed by atoms with E-state index in [2.05, 4.69) is 26.6 Å². The highest BCUT2D eigenvalue weighted by molar-refractivity contribution is 9.10. The summed E-state index contributed by atoms with van der Waals surface area (Å²) in [6.45, 7) is 2.53. The van der Waals surface area contributed by atoms with Crippen molar-refractivity contribution < 1.29 is 9.59 Å². The van der Waals surface area contributed by atoms with Gasteiger partial charge in [-0.15, -0.1) is 0 Å². The molecule has 1 unspecified atom stereocenters. The lowest BCUT2D eigenvalue weighted by molar-refractivity contribution is -0.122. The average Bonchev–Trinajstić information content (AvgIpc) is 2.67. The Morgan fingerprint density at radius 1 is 1.12 bits per heavy atom. The molecule has 0 spiro atoms. The molecule has 0 heterocycles. The van der Waals surface area contributed by atoms with E-state index < -0.39 is 6.04 Å². The number of halogens is 1. The van der Waals surface area contributed by atoms with Gasteiger partial charge in [-0.1, -0.05) is 35.0 Å². The molecule has 0 aliphatic carbocycles. The van der Waals surface area contributed by atoms with E-state index in [1.807, 2.05) is 37.3 Å². The summed E-state index contributed by atoms with van der Waals surface area (Å²) in [5.41, 5.74) is 1.84. The highest BCUT2D eigenvalue weighted by atomic mass is 79.9. The summed E-state index contributed by atoms with van der Waals surface area (Å²) < 4.78 is 0.954. The van der Waals surface area contributed by atoms with Crippen molar-refractivity contribution in [3.8, 4) is 6.07 Å². The molecular formula is C20H20BrN3O2. The van der Waals surface area contributed by atoms with E-state index in [0.717, 1.165) is 16.5 Å². The summed E-state index contributed by atoms with van der Waals surface area (Å²) in [4.78, 5) is 25.0. The minimum atomic E-state index is -0.675. The molecule has 2 amide bonds. The topological polar surface area (TPSA) is 82.0 Å². The largest absolute Gasteiger partial charge is 0.354 e. The first-order valence-electron chi connectivity index (χ1n) is 8.36. The number of carbonyl (C=O) groups is 2. The minimum Gasteiger partial charge on any atom is -0.354 e. The van der Waals surface area contributed by atoms with Gasteiger partial charge < -0.3 is 10.6 Å².